The maximum Gasteiger partial charge on any atom is 0.129 e. The Morgan fingerprint density at radius 3 is 2.94 bits per heavy atom. The van der Waals surface area contributed by atoms with Crippen molar-refractivity contribution in [2.45, 2.75) is 6.54 Å². The molecule has 0 aromatic carbocycles. The molecule has 1 N–H and O–H groups in total. The Labute approximate surface area is 104 Å². The Kier molecular flexibility index (Phi) is 3.31. The van der Waals surface area contributed by atoms with Crippen molar-refractivity contribution in [1.82, 2.24) is 9.55 Å². The molecule has 5 heteroatoms. The van der Waals surface area contributed by atoms with Gasteiger partial charge < -0.3 is 9.88 Å². The Bertz CT molecular complexity index is 551. The quantitative estimate of drug-likeness (QED) is 0.847. The van der Waals surface area contributed by atoms with E-state index in [-0.39, 0.29) is 0 Å². The second-order valence-corrected chi connectivity index (χ2v) is 4.07. The fourth-order valence-corrected chi connectivity index (χ4v) is 1.64. The summed E-state index contributed by atoms with van der Waals surface area (Å²) >= 11 is 5.69. The Balaban J connectivity index is 2.02. The monoisotopic (exact) mass is 246 g/mol. The SMILES string of the molecule is Cn1cc(CNc2ccc(Cl)nc2)cc1C#N. The molecule has 86 valence electrons. The van der Waals surface area contributed by atoms with Gasteiger partial charge >= 0.3 is 0 Å². The molecule has 0 atom stereocenters. The molecule has 0 aliphatic carbocycles. The third-order valence-electron chi connectivity index (χ3n) is 2.40. The van der Waals surface area contributed by atoms with Gasteiger partial charge in [0, 0.05) is 19.8 Å². The third kappa shape index (κ3) is 2.77. The lowest BCUT2D eigenvalue weighted by Crippen LogP contribution is -1.98. The first-order chi connectivity index (χ1) is 8.19. The van der Waals surface area contributed by atoms with Crippen LogP contribution in [0.3, 0.4) is 0 Å². The van der Waals surface area contributed by atoms with Crippen molar-refractivity contribution in [3.63, 3.8) is 0 Å². The summed E-state index contributed by atoms with van der Waals surface area (Å²) in [5.41, 5.74) is 2.60. The summed E-state index contributed by atoms with van der Waals surface area (Å²) in [5, 5.41) is 12.5. The molecule has 0 aliphatic heterocycles. The largest absolute Gasteiger partial charge is 0.380 e. The van der Waals surface area contributed by atoms with E-state index in [0.717, 1.165) is 11.3 Å². The highest BCUT2D eigenvalue weighted by molar-refractivity contribution is 6.29. The number of halogens is 1. The van der Waals surface area contributed by atoms with Gasteiger partial charge in [0.15, 0.2) is 0 Å². The maximum atomic E-state index is 8.83. The van der Waals surface area contributed by atoms with Gasteiger partial charge in [-0.1, -0.05) is 11.6 Å². The predicted molar refractivity (Wildman–Crippen MR) is 66.7 cm³/mol. The number of aryl methyl sites for hydroxylation is 1. The molecule has 0 radical (unpaired) electrons. The normalized spacial score (nSPS) is 9.94. The van der Waals surface area contributed by atoms with Gasteiger partial charge in [0.2, 0.25) is 0 Å². The topological polar surface area (TPSA) is 53.6 Å². The molecule has 4 nitrogen and oxygen atoms in total. The number of nitrogens with one attached hydrogen (secondary N) is 1. The summed E-state index contributed by atoms with van der Waals surface area (Å²) < 4.78 is 1.80. The minimum absolute atomic E-state index is 0.474. The van der Waals surface area contributed by atoms with Gasteiger partial charge in [0.1, 0.15) is 16.9 Å². The Morgan fingerprint density at radius 1 is 1.53 bits per heavy atom. The second-order valence-electron chi connectivity index (χ2n) is 3.68. The van der Waals surface area contributed by atoms with E-state index in [4.69, 9.17) is 16.9 Å². The number of pyridine rings is 1. The molecule has 2 rings (SSSR count). The molecular weight excluding hydrogens is 236 g/mol. The zero-order valence-electron chi connectivity index (χ0n) is 9.31. The van der Waals surface area contributed by atoms with Crippen LogP contribution in [0.4, 0.5) is 5.69 Å². The molecular formula is C12H11ClN4. The van der Waals surface area contributed by atoms with Crippen LogP contribution in [0.5, 0.6) is 0 Å². The van der Waals surface area contributed by atoms with Crippen LogP contribution in [0, 0.1) is 11.3 Å². The fourth-order valence-electron chi connectivity index (χ4n) is 1.53. The summed E-state index contributed by atoms with van der Waals surface area (Å²) in [6, 6.07) is 7.58. The predicted octanol–water partition coefficient (Wildman–Crippen LogP) is 2.56. The van der Waals surface area contributed by atoms with Gasteiger partial charge in [-0.25, -0.2) is 4.98 Å². The van der Waals surface area contributed by atoms with Crippen molar-refractivity contribution in [2.75, 3.05) is 5.32 Å². The van der Waals surface area contributed by atoms with Gasteiger partial charge in [-0.05, 0) is 23.8 Å². The molecule has 0 fully saturated rings. The van der Waals surface area contributed by atoms with E-state index in [1.165, 1.54) is 0 Å². The molecule has 0 aliphatic rings. The highest BCUT2D eigenvalue weighted by Gasteiger charge is 2.02. The molecule has 0 amide bonds. The molecule has 0 spiro atoms. The summed E-state index contributed by atoms with van der Waals surface area (Å²) in [4.78, 5) is 3.98. The lowest BCUT2D eigenvalue weighted by molar-refractivity contribution is 0.902. The van der Waals surface area contributed by atoms with Crippen LogP contribution < -0.4 is 5.32 Å². The number of nitrogens with zero attached hydrogens (tertiary/aromatic N) is 3. The van der Waals surface area contributed by atoms with E-state index in [2.05, 4.69) is 16.4 Å². The summed E-state index contributed by atoms with van der Waals surface area (Å²) in [5.74, 6) is 0. The zero-order chi connectivity index (χ0) is 12.3. The second kappa shape index (κ2) is 4.89. The van der Waals surface area contributed by atoms with E-state index in [1.807, 2.05) is 25.4 Å². The van der Waals surface area contributed by atoms with Crippen molar-refractivity contribution >= 4 is 17.3 Å². The van der Waals surface area contributed by atoms with Crippen LogP contribution in [0.2, 0.25) is 5.15 Å². The van der Waals surface area contributed by atoms with Crippen LogP contribution in [0.1, 0.15) is 11.3 Å². The van der Waals surface area contributed by atoms with Crippen LogP contribution >= 0.6 is 11.6 Å². The summed E-state index contributed by atoms with van der Waals surface area (Å²) in [6.45, 7) is 0.652. The lowest BCUT2D eigenvalue weighted by Gasteiger charge is -2.03. The smallest absolute Gasteiger partial charge is 0.129 e. The summed E-state index contributed by atoms with van der Waals surface area (Å²) in [6.07, 6.45) is 3.60. The minimum atomic E-state index is 0.474. The number of rotatable bonds is 3. The standard InChI is InChI=1S/C12H11ClN4/c1-17-8-9(4-11(17)5-14)6-15-10-2-3-12(13)16-7-10/h2-4,7-8,15H,6H2,1H3. The number of hydrogen-bond acceptors (Lipinski definition) is 3. The van der Waals surface area contributed by atoms with Gasteiger partial charge in [0.05, 0.1) is 11.9 Å². The van der Waals surface area contributed by atoms with E-state index < -0.39 is 0 Å². The number of nitriles is 1. The van der Waals surface area contributed by atoms with E-state index >= 15 is 0 Å². The highest BCUT2D eigenvalue weighted by Crippen LogP contribution is 2.12. The average Bonchev–Trinajstić information content (AvgIpc) is 2.69. The average molecular weight is 247 g/mol. The number of anilines is 1. The van der Waals surface area contributed by atoms with Crippen molar-refractivity contribution in [3.05, 3.63) is 47.0 Å². The molecule has 0 unspecified atom stereocenters. The van der Waals surface area contributed by atoms with Crippen LogP contribution in [0.15, 0.2) is 30.6 Å². The van der Waals surface area contributed by atoms with Crippen LogP contribution in [0.25, 0.3) is 0 Å². The molecule has 0 bridgehead atoms. The minimum Gasteiger partial charge on any atom is -0.380 e. The highest BCUT2D eigenvalue weighted by atomic mass is 35.5. The fraction of sp³-hybridized carbons (Fsp3) is 0.167. The van der Waals surface area contributed by atoms with Crippen molar-refractivity contribution in [1.29, 1.82) is 5.26 Å². The molecule has 17 heavy (non-hydrogen) atoms. The van der Waals surface area contributed by atoms with Gasteiger partial charge in [0.25, 0.3) is 0 Å². The van der Waals surface area contributed by atoms with Gasteiger partial charge in [-0.3, -0.25) is 0 Å². The number of hydrogen-bond donors (Lipinski definition) is 1. The molecule has 2 aromatic rings. The summed E-state index contributed by atoms with van der Waals surface area (Å²) in [7, 11) is 1.85. The maximum absolute atomic E-state index is 8.83. The van der Waals surface area contributed by atoms with E-state index in [1.54, 1.807) is 16.8 Å². The van der Waals surface area contributed by atoms with Crippen LogP contribution in [-0.2, 0) is 13.6 Å². The van der Waals surface area contributed by atoms with E-state index in [0.29, 0.717) is 17.4 Å². The zero-order valence-corrected chi connectivity index (χ0v) is 10.1. The molecule has 0 saturated carbocycles. The third-order valence-corrected chi connectivity index (χ3v) is 2.62. The molecule has 2 aromatic heterocycles. The lowest BCUT2D eigenvalue weighted by atomic mass is 10.3. The van der Waals surface area contributed by atoms with Crippen molar-refractivity contribution in [2.24, 2.45) is 7.05 Å². The molecule has 2 heterocycles. The van der Waals surface area contributed by atoms with Gasteiger partial charge in [-0.2, -0.15) is 5.26 Å². The van der Waals surface area contributed by atoms with Gasteiger partial charge in [-0.15, -0.1) is 0 Å². The Morgan fingerprint density at radius 2 is 2.35 bits per heavy atom. The van der Waals surface area contributed by atoms with Crippen molar-refractivity contribution in [3.8, 4) is 6.07 Å². The van der Waals surface area contributed by atoms with Crippen LogP contribution in [-0.4, -0.2) is 9.55 Å². The first-order valence-electron chi connectivity index (χ1n) is 5.10. The first kappa shape index (κ1) is 11.5. The molecule has 0 saturated heterocycles. The van der Waals surface area contributed by atoms with E-state index in [9.17, 15) is 0 Å². The van der Waals surface area contributed by atoms with Crippen molar-refractivity contribution < 1.29 is 0 Å². The number of aromatic nitrogens is 2. The Hall–Kier alpha value is -1.99. The first-order valence-corrected chi connectivity index (χ1v) is 5.47.